The Kier molecular flexibility index (Phi) is 6.52. The highest BCUT2D eigenvalue weighted by atomic mass is 16.5. The molecular weight excluding hydrogens is 258 g/mol. The maximum atomic E-state index is 11.8. The molecule has 6 nitrogen and oxygen atoms in total. The van der Waals surface area contributed by atoms with E-state index in [0.29, 0.717) is 37.3 Å². The van der Waals surface area contributed by atoms with Gasteiger partial charge in [0.05, 0.1) is 0 Å². The normalized spacial score (nSPS) is 11.4. The Morgan fingerprint density at radius 2 is 2.25 bits per heavy atom. The number of amidine groups is 1. The van der Waals surface area contributed by atoms with Crippen LogP contribution < -0.4 is 11.1 Å². The summed E-state index contributed by atoms with van der Waals surface area (Å²) in [7, 11) is 0. The van der Waals surface area contributed by atoms with Crippen molar-refractivity contribution in [2.75, 3.05) is 18.5 Å². The molecule has 0 aliphatic carbocycles. The van der Waals surface area contributed by atoms with E-state index in [1.807, 2.05) is 19.9 Å². The van der Waals surface area contributed by atoms with Gasteiger partial charge >= 0.3 is 0 Å². The standard InChI is InChI=1S/C14H21N3O3/c1-3-20-8-4-5-13(18)16-12-9-11(14(15)17-19)7-6-10(12)2/h6-7,9,19H,3-5,8H2,1-2H3,(H2,15,17)(H,16,18). The van der Waals surface area contributed by atoms with Crippen LogP contribution >= 0.6 is 0 Å². The fourth-order valence-electron chi connectivity index (χ4n) is 1.67. The van der Waals surface area contributed by atoms with Gasteiger partial charge in [-0.1, -0.05) is 17.3 Å². The topological polar surface area (TPSA) is 96.9 Å². The molecule has 110 valence electrons. The third kappa shape index (κ3) is 4.89. The summed E-state index contributed by atoms with van der Waals surface area (Å²) in [6, 6.07) is 5.23. The van der Waals surface area contributed by atoms with Crippen molar-refractivity contribution in [1.82, 2.24) is 0 Å². The molecule has 20 heavy (non-hydrogen) atoms. The molecule has 0 aromatic heterocycles. The quantitative estimate of drug-likeness (QED) is 0.233. The molecule has 0 heterocycles. The molecule has 0 atom stereocenters. The van der Waals surface area contributed by atoms with Crippen molar-refractivity contribution in [3.05, 3.63) is 29.3 Å². The second-order valence-corrected chi connectivity index (χ2v) is 4.36. The van der Waals surface area contributed by atoms with Gasteiger partial charge in [-0.25, -0.2) is 0 Å². The van der Waals surface area contributed by atoms with Gasteiger partial charge in [0.1, 0.15) is 0 Å². The number of carbonyl (C=O) groups excluding carboxylic acids is 1. The highest BCUT2D eigenvalue weighted by Crippen LogP contribution is 2.17. The molecule has 1 aromatic rings. The zero-order valence-electron chi connectivity index (χ0n) is 11.8. The Morgan fingerprint density at radius 3 is 2.90 bits per heavy atom. The van der Waals surface area contributed by atoms with E-state index in [4.69, 9.17) is 15.7 Å². The molecule has 0 saturated heterocycles. The number of rotatable bonds is 7. The number of oxime groups is 1. The van der Waals surface area contributed by atoms with Crippen LogP contribution in [0.2, 0.25) is 0 Å². The van der Waals surface area contributed by atoms with Crippen molar-refractivity contribution in [1.29, 1.82) is 0 Å². The van der Waals surface area contributed by atoms with E-state index in [0.717, 1.165) is 5.56 Å². The lowest BCUT2D eigenvalue weighted by Crippen LogP contribution is -2.16. The molecule has 1 rings (SSSR count). The molecule has 1 aromatic carbocycles. The molecule has 0 unspecified atom stereocenters. The molecule has 6 heteroatoms. The van der Waals surface area contributed by atoms with E-state index < -0.39 is 0 Å². The highest BCUT2D eigenvalue weighted by molar-refractivity contribution is 5.99. The van der Waals surface area contributed by atoms with Gasteiger partial charge in [-0.15, -0.1) is 0 Å². The van der Waals surface area contributed by atoms with Crippen LogP contribution in [0.25, 0.3) is 0 Å². The van der Waals surface area contributed by atoms with Crippen LogP contribution in [0.15, 0.2) is 23.4 Å². The van der Waals surface area contributed by atoms with Crippen LogP contribution in [0.3, 0.4) is 0 Å². The Hall–Kier alpha value is -2.08. The number of carbonyl (C=O) groups is 1. The summed E-state index contributed by atoms with van der Waals surface area (Å²) < 4.78 is 5.18. The van der Waals surface area contributed by atoms with Crippen LogP contribution in [0.1, 0.15) is 30.9 Å². The number of benzene rings is 1. The van der Waals surface area contributed by atoms with Crippen LogP contribution in [-0.4, -0.2) is 30.2 Å². The summed E-state index contributed by atoms with van der Waals surface area (Å²) in [4.78, 5) is 11.8. The summed E-state index contributed by atoms with van der Waals surface area (Å²) in [6.45, 7) is 5.03. The second kappa shape index (κ2) is 8.16. The molecule has 0 bridgehead atoms. The number of nitrogens with one attached hydrogen (secondary N) is 1. The summed E-state index contributed by atoms with van der Waals surface area (Å²) in [5.74, 6) is -0.0682. The molecule has 0 aliphatic rings. The number of ether oxygens (including phenoxy) is 1. The van der Waals surface area contributed by atoms with Gasteiger partial charge < -0.3 is 21.0 Å². The fourth-order valence-corrected chi connectivity index (χ4v) is 1.67. The molecule has 4 N–H and O–H groups in total. The smallest absolute Gasteiger partial charge is 0.224 e. The first-order valence-electron chi connectivity index (χ1n) is 6.54. The van der Waals surface area contributed by atoms with Gasteiger partial charge in [-0.2, -0.15) is 0 Å². The molecule has 0 saturated carbocycles. The van der Waals surface area contributed by atoms with E-state index >= 15 is 0 Å². The first-order chi connectivity index (χ1) is 9.58. The minimum absolute atomic E-state index is 0.0110. The van der Waals surface area contributed by atoms with E-state index in [9.17, 15) is 4.79 Å². The number of aryl methyl sites for hydroxylation is 1. The van der Waals surface area contributed by atoms with E-state index in [1.165, 1.54) is 0 Å². The molecule has 0 spiro atoms. The first-order valence-corrected chi connectivity index (χ1v) is 6.54. The molecule has 0 fully saturated rings. The number of nitrogens with two attached hydrogens (primary N) is 1. The molecule has 0 radical (unpaired) electrons. The van der Waals surface area contributed by atoms with Crippen molar-refractivity contribution >= 4 is 17.4 Å². The average molecular weight is 279 g/mol. The Balaban J connectivity index is 2.64. The number of hydrogen-bond acceptors (Lipinski definition) is 4. The van der Waals surface area contributed by atoms with Crippen molar-refractivity contribution in [2.24, 2.45) is 10.9 Å². The lowest BCUT2D eigenvalue weighted by molar-refractivity contribution is -0.116. The minimum atomic E-state index is -0.0792. The number of amides is 1. The molecule has 0 aliphatic heterocycles. The average Bonchev–Trinajstić information content (AvgIpc) is 2.45. The third-order valence-corrected chi connectivity index (χ3v) is 2.81. The maximum absolute atomic E-state index is 11.8. The van der Waals surface area contributed by atoms with Crippen molar-refractivity contribution < 1.29 is 14.7 Å². The van der Waals surface area contributed by atoms with Crippen molar-refractivity contribution in [3.8, 4) is 0 Å². The van der Waals surface area contributed by atoms with Crippen LogP contribution in [-0.2, 0) is 9.53 Å². The van der Waals surface area contributed by atoms with Gasteiger partial charge in [0.2, 0.25) is 5.91 Å². The summed E-state index contributed by atoms with van der Waals surface area (Å²) >= 11 is 0. The number of anilines is 1. The zero-order valence-corrected chi connectivity index (χ0v) is 11.8. The third-order valence-electron chi connectivity index (χ3n) is 2.81. The van der Waals surface area contributed by atoms with Gasteiger partial charge in [-0.05, 0) is 31.9 Å². The summed E-state index contributed by atoms with van der Waals surface area (Å²) in [5, 5.41) is 14.4. The molecular formula is C14H21N3O3. The first kappa shape index (κ1) is 16.0. The summed E-state index contributed by atoms with van der Waals surface area (Å²) in [5.41, 5.74) is 7.66. The monoisotopic (exact) mass is 279 g/mol. The summed E-state index contributed by atoms with van der Waals surface area (Å²) in [6.07, 6.45) is 1.08. The molecule has 1 amide bonds. The number of nitrogens with zero attached hydrogens (tertiary/aromatic N) is 1. The van der Waals surface area contributed by atoms with Gasteiger partial charge in [0, 0.05) is 30.9 Å². The second-order valence-electron chi connectivity index (χ2n) is 4.36. The SMILES string of the molecule is CCOCCCC(=O)Nc1cc(/C(N)=N/O)ccc1C. The zero-order chi connectivity index (χ0) is 15.0. The van der Waals surface area contributed by atoms with Crippen LogP contribution in [0, 0.1) is 6.92 Å². The lowest BCUT2D eigenvalue weighted by Gasteiger charge is -2.10. The van der Waals surface area contributed by atoms with Gasteiger partial charge in [-0.3, -0.25) is 4.79 Å². The van der Waals surface area contributed by atoms with Crippen molar-refractivity contribution in [3.63, 3.8) is 0 Å². The van der Waals surface area contributed by atoms with E-state index in [-0.39, 0.29) is 11.7 Å². The van der Waals surface area contributed by atoms with Crippen LogP contribution in [0.5, 0.6) is 0 Å². The fraction of sp³-hybridized carbons (Fsp3) is 0.429. The predicted molar refractivity (Wildman–Crippen MR) is 78.0 cm³/mol. The van der Waals surface area contributed by atoms with Crippen LogP contribution in [0.4, 0.5) is 5.69 Å². The van der Waals surface area contributed by atoms with Gasteiger partial charge in [0.25, 0.3) is 0 Å². The highest BCUT2D eigenvalue weighted by Gasteiger charge is 2.07. The van der Waals surface area contributed by atoms with Gasteiger partial charge in [0.15, 0.2) is 5.84 Å². The number of hydrogen-bond donors (Lipinski definition) is 3. The lowest BCUT2D eigenvalue weighted by atomic mass is 10.1. The van der Waals surface area contributed by atoms with E-state index in [2.05, 4.69) is 10.5 Å². The maximum Gasteiger partial charge on any atom is 0.224 e. The Morgan fingerprint density at radius 1 is 1.50 bits per heavy atom. The van der Waals surface area contributed by atoms with Crippen molar-refractivity contribution in [2.45, 2.75) is 26.7 Å². The minimum Gasteiger partial charge on any atom is -0.409 e. The van der Waals surface area contributed by atoms with E-state index in [1.54, 1.807) is 12.1 Å². The largest absolute Gasteiger partial charge is 0.409 e. The Bertz CT molecular complexity index is 487. The predicted octanol–water partition coefficient (Wildman–Crippen LogP) is 1.84. The Labute approximate surface area is 118 Å².